The van der Waals surface area contributed by atoms with E-state index >= 15 is 0 Å². The fraction of sp³-hybridized carbons (Fsp3) is 0.182. The van der Waals surface area contributed by atoms with Crippen LogP contribution in [-0.4, -0.2) is 25.5 Å². The van der Waals surface area contributed by atoms with Crippen molar-refractivity contribution in [2.45, 2.75) is 17.9 Å². The van der Waals surface area contributed by atoms with Crippen LogP contribution in [0.3, 0.4) is 0 Å². The van der Waals surface area contributed by atoms with Crippen molar-refractivity contribution >= 4 is 21.4 Å². The lowest BCUT2D eigenvalue weighted by Gasteiger charge is -2.10. The molecule has 1 aromatic rings. The van der Waals surface area contributed by atoms with Gasteiger partial charge in [0.15, 0.2) is 0 Å². The van der Waals surface area contributed by atoms with Gasteiger partial charge < -0.3 is 10.8 Å². The third-order valence-electron chi connectivity index (χ3n) is 2.89. The Morgan fingerprint density at radius 3 is 2.61 bits per heavy atom. The number of halogens is 1. The van der Waals surface area contributed by atoms with E-state index in [1.807, 2.05) is 0 Å². The average Bonchev–Trinajstić information content (AvgIpc) is 2.49. The Morgan fingerprint density at radius 2 is 2.06 bits per heavy atom. The fourth-order valence-corrected chi connectivity index (χ4v) is 3.56. The Balaban J connectivity index is 2.84. The number of carbonyl (C=O) groups is 1. The van der Waals surface area contributed by atoms with Crippen molar-refractivity contribution in [3.05, 3.63) is 34.5 Å². The first-order chi connectivity index (χ1) is 8.28. The molecule has 0 amide bonds. The molecule has 1 atom stereocenters. The van der Waals surface area contributed by atoms with E-state index in [0.29, 0.717) is 0 Å². The highest BCUT2D eigenvalue weighted by Gasteiger charge is 2.39. The molecule has 1 aromatic carbocycles. The molecule has 0 aromatic heterocycles. The van der Waals surface area contributed by atoms with Crippen molar-refractivity contribution in [3.8, 4) is 0 Å². The van der Waals surface area contributed by atoms with E-state index in [9.17, 15) is 17.6 Å². The molecule has 96 valence electrons. The second-order valence-electron chi connectivity index (χ2n) is 3.90. The zero-order valence-electron chi connectivity index (χ0n) is 9.34. The van der Waals surface area contributed by atoms with Gasteiger partial charge in [0.05, 0.1) is 9.80 Å². The lowest BCUT2D eigenvalue weighted by molar-refractivity contribution is -0.137. The van der Waals surface area contributed by atoms with Crippen molar-refractivity contribution in [2.24, 2.45) is 5.73 Å². The molecule has 3 N–H and O–H groups in total. The molecule has 0 fully saturated rings. The minimum Gasteiger partial charge on any atom is -0.480 e. The summed E-state index contributed by atoms with van der Waals surface area (Å²) in [5.74, 6) is -2.20. The zero-order valence-corrected chi connectivity index (χ0v) is 10.2. The number of allylic oxidation sites excluding steroid dienone is 1. The summed E-state index contributed by atoms with van der Waals surface area (Å²) >= 11 is 0. The quantitative estimate of drug-likeness (QED) is 0.827. The fourth-order valence-electron chi connectivity index (χ4n) is 1.97. The van der Waals surface area contributed by atoms with Crippen molar-refractivity contribution in [1.82, 2.24) is 0 Å². The molecule has 1 heterocycles. The number of aliphatic carboxylic acids is 1. The molecule has 0 saturated heterocycles. The summed E-state index contributed by atoms with van der Waals surface area (Å²) in [6, 6.07) is 1.99. The van der Waals surface area contributed by atoms with Gasteiger partial charge in [0.25, 0.3) is 0 Å². The van der Waals surface area contributed by atoms with E-state index in [4.69, 9.17) is 10.8 Å². The van der Waals surface area contributed by atoms with E-state index in [1.54, 1.807) is 0 Å². The standard InChI is InChI=1S/C11H10FNO4S/c1-5-8(10(13)11(14)15)9-6(12)3-2-4-7(9)18(5,16)17/h2-4,10H,13H2,1H3,(H,14,15). The first kappa shape index (κ1) is 12.7. The second kappa shape index (κ2) is 3.89. The number of benzene rings is 1. The second-order valence-corrected chi connectivity index (χ2v) is 5.96. The van der Waals surface area contributed by atoms with E-state index in [2.05, 4.69) is 0 Å². The van der Waals surface area contributed by atoms with Gasteiger partial charge in [0.1, 0.15) is 11.9 Å². The predicted molar refractivity (Wildman–Crippen MR) is 61.8 cm³/mol. The van der Waals surface area contributed by atoms with Gasteiger partial charge in [-0.3, -0.25) is 4.79 Å². The molecule has 7 heteroatoms. The maximum atomic E-state index is 13.7. The number of nitrogens with two attached hydrogens (primary N) is 1. The van der Waals surface area contributed by atoms with Crippen molar-refractivity contribution in [1.29, 1.82) is 0 Å². The number of carboxylic acid groups (broad SMARTS) is 1. The Hall–Kier alpha value is -1.73. The molecule has 1 unspecified atom stereocenters. The molecular weight excluding hydrogens is 261 g/mol. The number of hydrogen-bond acceptors (Lipinski definition) is 4. The molecule has 5 nitrogen and oxygen atoms in total. The lowest BCUT2D eigenvalue weighted by Crippen LogP contribution is -2.31. The summed E-state index contributed by atoms with van der Waals surface area (Å²) in [5, 5.41) is 8.87. The van der Waals surface area contributed by atoms with E-state index < -0.39 is 27.7 Å². The molecule has 0 bridgehead atoms. The van der Waals surface area contributed by atoms with Crippen LogP contribution in [0, 0.1) is 5.82 Å². The third kappa shape index (κ3) is 1.55. The molecule has 2 rings (SSSR count). The van der Waals surface area contributed by atoms with Crippen molar-refractivity contribution < 1.29 is 22.7 Å². The Labute approximate surface area is 103 Å². The van der Waals surface area contributed by atoms with Gasteiger partial charge >= 0.3 is 5.97 Å². The third-order valence-corrected chi connectivity index (χ3v) is 4.84. The highest BCUT2D eigenvalue weighted by Crippen LogP contribution is 2.41. The van der Waals surface area contributed by atoms with Crippen LogP contribution >= 0.6 is 0 Å². The summed E-state index contributed by atoms with van der Waals surface area (Å²) in [6.45, 7) is 1.23. The number of carboxylic acids is 1. The van der Waals surface area contributed by atoms with Gasteiger partial charge in [-0.1, -0.05) is 6.07 Å². The topological polar surface area (TPSA) is 97.5 Å². The number of sulfone groups is 1. The van der Waals surface area contributed by atoms with Crippen LogP contribution in [0.25, 0.3) is 5.57 Å². The summed E-state index contributed by atoms with van der Waals surface area (Å²) in [7, 11) is -3.84. The molecule has 0 aliphatic carbocycles. The van der Waals surface area contributed by atoms with Gasteiger partial charge in [-0.25, -0.2) is 12.8 Å². The Morgan fingerprint density at radius 1 is 1.44 bits per heavy atom. The van der Waals surface area contributed by atoms with Gasteiger partial charge in [-0.2, -0.15) is 0 Å². The molecule has 0 saturated carbocycles. The number of hydrogen-bond donors (Lipinski definition) is 2. The molecule has 1 aliphatic rings. The van der Waals surface area contributed by atoms with Crippen LogP contribution in [0.4, 0.5) is 4.39 Å². The zero-order chi connectivity index (χ0) is 13.7. The van der Waals surface area contributed by atoms with Gasteiger partial charge in [0, 0.05) is 11.1 Å². The molecular formula is C11H10FNO4S. The summed E-state index contributed by atoms with van der Waals surface area (Å²) in [4.78, 5) is 10.4. The largest absolute Gasteiger partial charge is 0.480 e. The van der Waals surface area contributed by atoms with Crippen LogP contribution in [0.2, 0.25) is 0 Å². The maximum absolute atomic E-state index is 13.7. The molecule has 1 aliphatic heterocycles. The summed E-state index contributed by atoms with van der Waals surface area (Å²) in [5.41, 5.74) is 5.01. The predicted octanol–water partition coefficient (Wildman–Crippen LogP) is 0.756. The highest BCUT2D eigenvalue weighted by atomic mass is 32.2. The first-order valence-electron chi connectivity index (χ1n) is 5.01. The lowest BCUT2D eigenvalue weighted by atomic mass is 9.98. The van der Waals surface area contributed by atoms with Crippen LogP contribution in [-0.2, 0) is 14.6 Å². The molecule has 0 radical (unpaired) electrons. The van der Waals surface area contributed by atoms with Crippen molar-refractivity contribution in [3.63, 3.8) is 0 Å². The van der Waals surface area contributed by atoms with Crippen molar-refractivity contribution in [2.75, 3.05) is 0 Å². The molecule has 18 heavy (non-hydrogen) atoms. The highest BCUT2D eigenvalue weighted by molar-refractivity contribution is 7.95. The van der Waals surface area contributed by atoms with Crippen LogP contribution < -0.4 is 5.73 Å². The summed E-state index contributed by atoms with van der Waals surface area (Å²) in [6.07, 6.45) is 0. The Kier molecular flexibility index (Phi) is 2.75. The normalized spacial score (nSPS) is 18.6. The van der Waals surface area contributed by atoms with Crippen LogP contribution in [0.5, 0.6) is 0 Å². The molecule has 0 spiro atoms. The SMILES string of the molecule is CC1=C(C(N)C(=O)O)c2c(F)cccc2S1(=O)=O. The van der Waals surface area contributed by atoms with Crippen LogP contribution in [0.1, 0.15) is 12.5 Å². The maximum Gasteiger partial charge on any atom is 0.325 e. The monoisotopic (exact) mass is 271 g/mol. The Bertz CT molecular complexity index is 678. The van der Waals surface area contributed by atoms with Gasteiger partial charge in [-0.05, 0) is 19.1 Å². The number of rotatable bonds is 2. The number of fused-ring (bicyclic) bond motifs is 1. The van der Waals surface area contributed by atoms with Crippen LogP contribution in [0.15, 0.2) is 28.0 Å². The van der Waals surface area contributed by atoms with E-state index in [-0.39, 0.29) is 20.9 Å². The minimum atomic E-state index is -3.84. The average molecular weight is 271 g/mol. The van der Waals surface area contributed by atoms with E-state index in [1.165, 1.54) is 19.1 Å². The first-order valence-corrected chi connectivity index (χ1v) is 6.50. The van der Waals surface area contributed by atoms with Gasteiger partial charge in [-0.15, -0.1) is 0 Å². The smallest absolute Gasteiger partial charge is 0.325 e. The minimum absolute atomic E-state index is 0.185. The summed E-state index contributed by atoms with van der Waals surface area (Å²) < 4.78 is 37.7. The van der Waals surface area contributed by atoms with Gasteiger partial charge in [0.2, 0.25) is 9.84 Å². The van der Waals surface area contributed by atoms with E-state index in [0.717, 1.165) is 6.07 Å².